The Hall–Kier alpha value is -3.81. The average molecular weight is 331 g/mol. The number of pyridine rings is 1. The third kappa shape index (κ3) is 3.00. The van der Waals surface area contributed by atoms with E-state index in [-0.39, 0.29) is 5.91 Å². The molecule has 122 valence electrons. The number of nitrogens with zero attached hydrogens (tertiary/aromatic N) is 5. The van der Waals surface area contributed by atoms with E-state index in [1.807, 2.05) is 24.3 Å². The molecule has 0 fully saturated rings. The summed E-state index contributed by atoms with van der Waals surface area (Å²) in [4.78, 5) is 16.9. The molecule has 0 unspecified atom stereocenters. The predicted molar refractivity (Wildman–Crippen MR) is 91.1 cm³/mol. The number of carbonyl (C=O) groups is 1. The van der Waals surface area contributed by atoms with Gasteiger partial charge >= 0.3 is 0 Å². The third-order valence-corrected chi connectivity index (χ3v) is 3.60. The minimum Gasteiger partial charge on any atom is -0.319 e. The van der Waals surface area contributed by atoms with E-state index < -0.39 is 0 Å². The first-order valence-electron chi connectivity index (χ1n) is 7.54. The Morgan fingerprint density at radius 2 is 2.08 bits per heavy atom. The maximum Gasteiger partial charge on any atom is 0.255 e. The average Bonchev–Trinajstić information content (AvgIpc) is 3.34. The molecule has 0 saturated heterocycles. The molecule has 0 aliphatic heterocycles. The number of aromatic amines is 1. The van der Waals surface area contributed by atoms with Gasteiger partial charge in [-0.1, -0.05) is 17.3 Å². The van der Waals surface area contributed by atoms with Crippen molar-refractivity contribution < 1.29 is 4.79 Å². The molecule has 8 heteroatoms. The van der Waals surface area contributed by atoms with E-state index in [1.165, 1.54) is 0 Å². The largest absolute Gasteiger partial charge is 0.319 e. The summed E-state index contributed by atoms with van der Waals surface area (Å²) in [6, 6.07) is 12.7. The molecule has 4 rings (SSSR count). The van der Waals surface area contributed by atoms with Crippen LogP contribution in [0, 0.1) is 0 Å². The Kier molecular flexibility index (Phi) is 3.76. The highest BCUT2D eigenvalue weighted by molar-refractivity contribution is 6.06. The van der Waals surface area contributed by atoms with Crippen molar-refractivity contribution in [2.24, 2.45) is 0 Å². The third-order valence-electron chi connectivity index (χ3n) is 3.60. The molecule has 3 heterocycles. The second-order valence-corrected chi connectivity index (χ2v) is 5.23. The summed E-state index contributed by atoms with van der Waals surface area (Å²) in [5.74, 6) is -0.249. The number of nitrogens with one attached hydrogen (secondary N) is 2. The number of anilines is 1. The zero-order chi connectivity index (χ0) is 17.1. The van der Waals surface area contributed by atoms with Gasteiger partial charge < -0.3 is 5.32 Å². The van der Waals surface area contributed by atoms with Gasteiger partial charge in [0.25, 0.3) is 5.91 Å². The molecule has 0 atom stereocenters. The number of benzene rings is 1. The molecule has 4 aromatic rings. The van der Waals surface area contributed by atoms with E-state index in [1.54, 1.807) is 47.7 Å². The summed E-state index contributed by atoms with van der Waals surface area (Å²) >= 11 is 0. The molecule has 0 radical (unpaired) electrons. The summed E-state index contributed by atoms with van der Waals surface area (Å²) < 4.78 is 1.59. The normalized spacial score (nSPS) is 10.6. The Balaban J connectivity index is 1.60. The van der Waals surface area contributed by atoms with Crippen LogP contribution < -0.4 is 5.32 Å². The van der Waals surface area contributed by atoms with Crippen LogP contribution in [-0.2, 0) is 0 Å². The molecule has 0 aliphatic carbocycles. The fourth-order valence-corrected chi connectivity index (χ4v) is 2.42. The molecular weight excluding hydrogens is 318 g/mol. The van der Waals surface area contributed by atoms with Gasteiger partial charge in [-0.3, -0.25) is 14.9 Å². The maximum absolute atomic E-state index is 12.6. The number of aromatic nitrogens is 6. The zero-order valence-corrected chi connectivity index (χ0v) is 13.0. The van der Waals surface area contributed by atoms with E-state index in [0.717, 1.165) is 5.69 Å². The fourth-order valence-electron chi connectivity index (χ4n) is 2.42. The minimum atomic E-state index is -0.249. The van der Waals surface area contributed by atoms with Crippen molar-refractivity contribution in [2.75, 3.05) is 5.32 Å². The van der Waals surface area contributed by atoms with Crippen LogP contribution in [0.5, 0.6) is 0 Å². The summed E-state index contributed by atoms with van der Waals surface area (Å²) in [5, 5.41) is 17.4. The molecule has 2 N–H and O–H groups in total. The van der Waals surface area contributed by atoms with Crippen LogP contribution in [0.2, 0.25) is 0 Å². The van der Waals surface area contributed by atoms with Gasteiger partial charge in [0.15, 0.2) is 0 Å². The van der Waals surface area contributed by atoms with E-state index in [0.29, 0.717) is 22.6 Å². The van der Waals surface area contributed by atoms with Crippen LogP contribution >= 0.6 is 0 Å². The summed E-state index contributed by atoms with van der Waals surface area (Å²) in [5.41, 5.74) is 3.17. The van der Waals surface area contributed by atoms with Gasteiger partial charge in [-0.05, 0) is 30.3 Å². The van der Waals surface area contributed by atoms with Gasteiger partial charge in [0, 0.05) is 11.8 Å². The molecule has 8 nitrogen and oxygen atoms in total. The molecule has 1 amide bonds. The van der Waals surface area contributed by atoms with Gasteiger partial charge in [0.1, 0.15) is 5.69 Å². The highest BCUT2D eigenvalue weighted by atomic mass is 16.1. The quantitative estimate of drug-likeness (QED) is 0.597. The summed E-state index contributed by atoms with van der Waals surface area (Å²) in [7, 11) is 0. The lowest BCUT2D eigenvalue weighted by Crippen LogP contribution is -2.12. The molecule has 0 spiro atoms. The van der Waals surface area contributed by atoms with Gasteiger partial charge in [-0.15, -0.1) is 5.10 Å². The highest BCUT2D eigenvalue weighted by Crippen LogP contribution is 2.23. The SMILES string of the molecule is O=C(Nc1cn[nH]c1-c1ccccn1)c1cccc(-n2ccnn2)c1. The van der Waals surface area contributed by atoms with Gasteiger partial charge in [-0.2, -0.15) is 5.10 Å². The molecule has 0 bridgehead atoms. The number of hydrogen-bond acceptors (Lipinski definition) is 5. The van der Waals surface area contributed by atoms with Crippen molar-refractivity contribution in [3.63, 3.8) is 0 Å². The zero-order valence-electron chi connectivity index (χ0n) is 13.0. The van der Waals surface area contributed by atoms with Gasteiger partial charge in [-0.25, -0.2) is 4.68 Å². The van der Waals surface area contributed by atoms with Crippen LogP contribution in [0.3, 0.4) is 0 Å². The first-order valence-corrected chi connectivity index (χ1v) is 7.54. The summed E-state index contributed by atoms with van der Waals surface area (Å²) in [6.07, 6.45) is 6.54. The standard InChI is InChI=1S/C17H13N7O/c25-17(12-4-3-5-13(10-12)24-9-8-19-23-24)21-15-11-20-22-16(15)14-6-1-2-7-18-14/h1-11H,(H,20,22)(H,21,25). The maximum atomic E-state index is 12.6. The second kappa shape index (κ2) is 6.36. The number of carbonyl (C=O) groups excluding carboxylic acids is 1. The minimum absolute atomic E-state index is 0.249. The predicted octanol–water partition coefficient (Wildman–Crippen LogP) is 2.30. The molecule has 3 aromatic heterocycles. The van der Waals surface area contributed by atoms with Gasteiger partial charge in [0.05, 0.1) is 35.7 Å². The Morgan fingerprint density at radius 1 is 1.12 bits per heavy atom. The van der Waals surface area contributed by atoms with Crippen LogP contribution in [0.15, 0.2) is 67.3 Å². The first-order chi connectivity index (χ1) is 12.3. The van der Waals surface area contributed by atoms with Crippen LogP contribution in [0.1, 0.15) is 10.4 Å². The fraction of sp³-hybridized carbons (Fsp3) is 0. The lowest BCUT2D eigenvalue weighted by molar-refractivity contribution is 0.102. The topological polar surface area (TPSA) is 101 Å². The lowest BCUT2D eigenvalue weighted by Gasteiger charge is -2.07. The monoisotopic (exact) mass is 331 g/mol. The number of rotatable bonds is 4. The Morgan fingerprint density at radius 3 is 2.88 bits per heavy atom. The summed E-state index contributed by atoms with van der Waals surface area (Å²) in [6.45, 7) is 0. The Bertz CT molecular complexity index is 993. The number of hydrogen-bond donors (Lipinski definition) is 2. The number of amides is 1. The van der Waals surface area contributed by atoms with E-state index in [2.05, 4.69) is 30.8 Å². The lowest BCUT2D eigenvalue weighted by atomic mass is 10.1. The first kappa shape index (κ1) is 14.8. The van der Waals surface area contributed by atoms with Crippen molar-refractivity contribution in [1.29, 1.82) is 0 Å². The Labute approximate surface area is 142 Å². The van der Waals surface area contributed by atoms with Crippen LogP contribution in [-0.4, -0.2) is 36.1 Å². The highest BCUT2D eigenvalue weighted by Gasteiger charge is 2.13. The van der Waals surface area contributed by atoms with E-state index >= 15 is 0 Å². The molecule has 1 aromatic carbocycles. The van der Waals surface area contributed by atoms with Crippen molar-refractivity contribution in [2.45, 2.75) is 0 Å². The number of H-pyrrole nitrogens is 1. The van der Waals surface area contributed by atoms with Crippen LogP contribution in [0.4, 0.5) is 5.69 Å². The molecule has 0 aliphatic rings. The van der Waals surface area contributed by atoms with Gasteiger partial charge in [0.2, 0.25) is 0 Å². The molecule has 25 heavy (non-hydrogen) atoms. The van der Waals surface area contributed by atoms with Crippen molar-refractivity contribution >= 4 is 11.6 Å². The van der Waals surface area contributed by atoms with Crippen molar-refractivity contribution in [3.05, 3.63) is 72.8 Å². The van der Waals surface area contributed by atoms with E-state index in [9.17, 15) is 4.79 Å². The second-order valence-electron chi connectivity index (χ2n) is 5.23. The van der Waals surface area contributed by atoms with E-state index in [4.69, 9.17) is 0 Å². The van der Waals surface area contributed by atoms with Crippen molar-refractivity contribution in [1.82, 2.24) is 30.2 Å². The smallest absolute Gasteiger partial charge is 0.255 e. The van der Waals surface area contributed by atoms with Crippen LogP contribution in [0.25, 0.3) is 17.1 Å². The van der Waals surface area contributed by atoms with Crippen molar-refractivity contribution in [3.8, 4) is 17.1 Å². The molecule has 0 saturated carbocycles. The molecular formula is C17H13N7O.